The monoisotopic (exact) mass is 368 g/mol. The van der Waals surface area contributed by atoms with Gasteiger partial charge in [-0.15, -0.1) is 0 Å². The summed E-state index contributed by atoms with van der Waals surface area (Å²) in [6.07, 6.45) is 4.42. The molecule has 2 unspecified atom stereocenters. The number of amides is 1. The van der Waals surface area contributed by atoms with Crippen molar-refractivity contribution in [2.75, 3.05) is 39.3 Å². The fraction of sp³-hybridized carbons (Fsp3) is 0.895. The molecule has 2 aliphatic heterocycles. The lowest BCUT2D eigenvalue weighted by Gasteiger charge is -2.33. The van der Waals surface area contributed by atoms with Crippen LogP contribution in [0.2, 0.25) is 0 Å². The number of guanidine groups is 1. The molecule has 0 aromatic heterocycles. The van der Waals surface area contributed by atoms with E-state index >= 15 is 0 Å². The maximum Gasteiger partial charge on any atom is 0.410 e. The van der Waals surface area contributed by atoms with Gasteiger partial charge in [-0.25, -0.2) is 4.79 Å². The van der Waals surface area contributed by atoms with Gasteiger partial charge >= 0.3 is 6.09 Å². The van der Waals surface area contributed by atoms with Crippen LogP contribution in [0.3, 0.4) is 0 Å². The van der Waals surface area contributed by atoms with Crippen LogP contribution in [0.4, 0.5) is 4.79 Å². The number of hydrogen-bond acceptors (Lipinski definition) is 4. The van der Waals surface area contributed by atoms with Crippen molar-refractivity contribution in [3.8, 4) is 0 Å². The van der Waals surface area contributed by atoms with Crippen LogP contribution in [0.1, 0.15) is 53.4 Å². The van der Waals surface area contributed by atoms with Gasteiger partial charge in [-0.1, -0.05) is 0 Å². The molecule has 150 valence electrons. The Kier molecular flexibility index (Phi) is 8.00. The number of rotatable bonds is 5. The molecular weight excluding hydrogens is 332 g/mol. The molecule has 0 saturated carbocycles. The Hall–Kier alpha value is -1.50. The number of nitrogens with zero attached hydrogens (tertiary/aromatic N) is 2. The van der Waals surface area contributed by atoms with Crippen LogP contribution in [-0.4, -0.2) is 68.0 Å². The van der Waals surface area contributed by atoms with Crippen LogP contribution >= 0.6 is 0 Å². The molecule has 1 amide bonds. The summed E-state index contributed by atoms with van der Waals surface area (Å²) < 4.78 is 11.2. The number of carbonyl (C=O) groups is 1. The van der Waals surface area contributed by atoms with Gasteiger partial charge in [0.15, 0.2) is 5.96 Å². The van der Waals surface area contributed by atoms with E-state index in [1.807, 2.05) is 25.7 Å². The molecule has 0 spiro atoms. The van der Waals surface area contributed by atoms with Crippen molar-refractivity contribution < 1.29 is 14.3 Å². The number of likely N-dealkylation sites (tertiary alicyclic amines) is 1. The van der Waals surface area contributed by atoms with E-state index in [0.717, 1.165) is 57.9 Å². The molecule has 2 rings (SSSR count). The van der Waals surface area contributed by atoms with Crippen molar-refractivity contribution in [3.05, 3.63) is 0 Å². The van der Waals surface area contributed by atoms with Gasteiger partial charge in [-0.3, -0.25) is 4.99 Å². The predicted molar refractivity (Wildman–Crippen MR) is 103 cm³/mol. The third kappa shape index (κ3) is 7.40. The molecule has 0 radical (unpaired) electrons. The average molecular weight is 369 g/mol. The summed E-state index contributed by atoms with van der Waals surface area (Å²) in [6, 6.07) is 0. The zero-order chi connectivity index (χ0) is 19.0. The van der Waals surface area contributed by atoms with Crippen molar-refractivity contribution in [1.82, 2.24) is 15.5 Å². The smallest absolute Gasteiger partial charge is 0.410 e. The van der Waals surface area contributed by atoms with Gasteiger partial charge in [-0.05, 0) is 59.3 Å². The van der Waals surface area contributed by atoms with Crippen LogP contribution in [0.15, 0.2) is 4.99 Å². The van der Waals surface area contributed by atoms with E-state index in [4.69, 9.17) is 14.5 Å². The summed E-state index contributed by atoms with van der Waals surface area (Å²) in [7, 11) is 0. The molecule has 2 fully saturated rings. The average Bonchev–Trinajstić information content (AvgIpc) is 3.09. The highest BCUT2D eigenvalue weighted by Gasteiger charge is 2.27. The summed E-state index contributed by atoms with van der Waals surface area (Å²) >= 11 is 0. The number of ether oxygens (including phenoxy) is 2. The van der Waals surface area contributed by atoms with E-state index in [0.29, 0.717) is 19.0 Å². The minimum atomic E-state index is -0.452. The van der Waals surface area contributed by atoms with Crippen molar-refractivity contribution in [2.24, 2.45) is 10.9 Å². The molecule has 2 heterocycles. The topological polar surface area (TPSA) is 75.2 Å². The van der Waals surface area contributed by atoms with Crippen LogP contribution in [0, 0.1) is 5.92 Å². The normalized spacial score (nSPS) is 24.5. The quantitative estimate of drug-likeness (QED) is 0.576. The molecule has 2 aliphatic rings. The Morgan fingerprint density at radius 1 is 1.27 bits per heavy atom. The standard InChI is InChI=1S/C19H36N4O3/c1-5-20-17(22-13-16-9-7-11-25-16)21-12-15-8-6-10-23(14-15)18(24)26-19(2,3)4/h15-16H,5-14H2,1-4H3,(H2,20,21,22). The fourth-order valence-electron chi connectivity index (χ4n) is 3.28. The third-order valence-electron chi connectivity index (χ3n) is 4.54. The number of hydrogen-bond donors (Lipinski definition) is 2. The van der Waals surface area contributed by atoms with E-state index in [1.54, 1.807) is 0 Å². The molecular formula is C19H36N4O3. The lowest BCUT2D eigenvalue weighted by atomic mass is 9.98. The van der Waals surface area contributed by atoms with Gasteiger partial charge < -0.3 is 25.0 Å². The number of aliphatic imine (C=N–C) groups is 1. The van der Waals surface area contributed by atoms with Gasteiger partial charge in [-0.2, -0.15) is 0 Å². The predicted octanol–water partition coefficient (Wildman–Crippen LogP) is 2.37. The lowest BCUT2D eigenvalue weighted by molar-refractivity contribution is 0.0170. The highest BCUT2D eigenvalue weighted by molar-refractivity contribution is 5.79. The second-order valence-electron chi connectivity index (χ2n) is 8.17. The molecule has 0 aliphatic carbocycles. The second kappa shape index (κ2) is 10.00. The first-order valence-electron chi connectivity index (χ1n) is 9.99. The number of piperidine rings is 1. The molecule has 2 atom stereocenters. The number of nitrogens with one attached hydrogen (secondary N) is 2. The molecule has 0 aromatic carbocycles. The van der Waals surface area contributed by atoms with Crippen LogP contribution in [0.5, 0.6) is 0 Å². The first-order chi connectivity index (χ1) is 12.4. The van der Waals surface area contributed by atoms with E-state index in [9.17, 15) is 4.79 Å². The van der Waals surface area contributed by atoms with E-state index in [1.165, 1.54) is 0 Å². The molecule has 7 nitrogen and oxygen atoms in total. The minimum Gasteiger partial charge on any atom is -0.444 e. The van der Waals surface area contributed by atoms with Crippen molar-refractivity contribution in [2.45, 2.75) is 65.1 Å². The largest absolute Gasteiger partial charge is 0.444 e. The van der Waals surface area contributed by atoms with Crippen molar-refractivity contribution >= 4 is 12.1 Å². The summed E-state index contributed by atoms with van der Waals surface area (Å²) in [5.74, 6) is 1.20. The van der Waals surface area contributed by atoms with Crippen LogP contribution < -0.4 is 10.6 Å². The Morgan fingerprint density at radius 2 is 2.08 bits per heavy atom. The summed E-state index contributed by atoms with van der Waals surface area (Å²) in [5, 5.41) is 6.67. The zero-order valence-corrected chi connectivity index (χ0v) is 16.8. The third-order valence-corrected chi connectivity index (χ3v) is 4.54. The maximum absolute atomic E-state index is 12.3. The maximum atomic E-state index is 12.3. The van der Waals surface area contributed by atoms with Gasteiger partial charge in [0.05, 0.1) is 6.10 Å². The summed E-state index contributed by atoms with van der Waals surface area (Å²) in [5.41, 5.74) is -0.452. The van der Waals surface area contributed by atoms with E-state index in [2.05, 4.69) is 17.6 Å². The van der Waals surface area contributed by atoms with Gasteiger partial charge in [0.25, 0.3) is 0 Å². The first-order valence-corrected chi connectivity index (χ1v) is 9.99. The Labute approximate surface area is 157 Å². The van der Waals surface area contributed by atoms with Crippen LogP contribution in [0.25, 0.3) is 0 Å². The van der Waals surface area contributed by atoms with Gasteiger partial charge in [0.1, 0.15) is 5.60 Å². The number of carbonyl (C=O) groups excluding carboxylic acids is 1. The molecule has 0 aromatic rings. The Bertz CT molecular complexity index is 470. The molecule has 26 heavy (non-hydrogen) atoms. The molecule has 2 saturated heterocycles. The van der Waals surface area contributed by atoms with E-state index in [-0.39, 0.29) is 12.2 Å². The molecule has 2 N–H and O–H groups in total. The molecule has 0 bridgehead atoms. The van der Waals surface area contributed by atoms with Crippen molar-refractivity contribution in [3.63, 3.8) is 0 Å². The Balaban J connectivity index is 1.81. The SMILES string of the molecule is CCNC(=NCC1CCCN(C(=O)OC(C)(C)C)C1)NCC1CCCO1. The highest BCUT2D eigenvalue weighted by atomic mass is 16.6. The summed E-state index contributed by atoms with van der Waals surface area (Å²) in [4.78, 5) is 18.8. The minimum absolute atomic E-state index is 0.213. The Morgan fingerprint density at radius 3 is 2.73 bits per heavy atom. The zero-order valence-electron chi connectivity index (χ0n) is 16.8. The van der Waals surface area contributed by atoms with Gasteiger partial charge in [0.2, 0.25) is 0 Å². The summed E-state index contributed by atoms with van der Waals surface area (Å²) in [6.45, 7) is 12.4. The van der Waals surface area contributed by atoms with Crippen LogP contribution in [-0.2, 0) is 9.47 Å². The van der Waals surface area contributed by atoms with Gasteiger partial charge in [0, 0.05) is 39.3 Å². The molecule has 7 heteroatoms. The first kappa shape index (κ1) is 20.8. The second-order valence-corrected chi connectivity index (χ2v) is 8.17. The van der Waals surface area contributed by atoms with E-state index < -0.39 is 5.60 Å². The highest BCUT2D eigenvalue weighted by Crippen LogP contribution is 2.19. The fourth-order valence-corrected chi connectivity index (χ4v) is 3.28. The van der Waals surface area contributed by atoms with Crippen molar-refractivity contribution in [1.29, 1.82) is 0 Å². The lowest BCUT2D eigenvalue weighted by Crippen LogP contribution is -2.44.